The van der Waals surface area contributed by atoms with Gasteiger partial charge in [-0.15, -0.1) is 0 Å². The van der Waals surface area contributed by atoms with E-state index in [-0.39, 0.29) is 0 Å². The van der Waals surface area contributed by atoms with Crippen molar-refractivity contribution >= 4 is 0 Å². The zero-order valence-electron chi connectivity index (χ0n) is 11.8. The molecule has 1 nitrogen and oxygen atoms in total. The minimum absolute atomic E-state index is 0.325. The van der Waals surface area contributed by atoms with E-state index in [1.165, 1.54) is 36.8 Å². The number of nitrogens with one attached hydrogen (secondary N) is 1. The molecule has 1 N–H and O–H groups in total. The second-order valence-corrected chi connectivity index (χ2v) is 5.18. The van der Waals surface area contributed by atoms with Gasteiger partial charge in [0.2, 0.25) is 0 Å². The molecule has 1 aromatic rings. The molecule has 0 aliphatic heterocycles. The summed E-state index contributed by atoms with van der Waals surface area (Å²) in [5.41, 5.74) is 3.17. The molecule has 0 saturated heterocycles. The molecule has 0 bridgehead atoms. The van der Waals surface area contributed by atoms with Crippen molar-refractivity contribution in [1.82, 2.24) is 5.32 Å². The third kappa shape index (κ3) is 3.57. The van der Waals surface area contributed by atoms with Gasteiger partial charge in [-0.25, -0.2) is 0 Å². The van der Waals surface area contributed by atoms with Crippen LogP contribution < -0.4 is 5.32 Å². The van der Waals surface area contributed by atoms with Gasteiger partial charge in [0.15, 0.2) is 0 Å². The highest BCUT2D eigenvalue weighted by atomic mass is 14.8. The SMILES string of the molecule is CCCC(CCC)(CNC)c1ccc(C)cc1. The second kappa shape index (κ2) is 6.80. The molecule has 17 heavy (non-hydrogen) atoms. The van der Waals surface area contributed by atoms with Crippen molar-refractivity contribution in [3.05, 3.63) is 35.4 Å². The van der Waals surface area contributed by atoms with Gasteiger partial charge < -0.3 is 5.32 Å². The van der Waals surface area contributed by atoms with Crippen molar-refractivity contribution < 1.29 is 0 Å². The first-order valence-electron chi connectivity index (χ1n) is 6.90. The van der Waals surface area contributed by atoms with Crippen molar-refractivity contribution in [1.29, 1.82) is 0 Å². The summed E-state index contributed by atoms with van der Waals surface area (Å²) in [4.78, 5) is 0. The van der Waals surface area contributed by atoms with E-state index in [1.54, 1.807) is 0 Å². The summed E-state index contributed by atoms with van der Waals surface area (Å²) < 4.78 is 0. The van der Waals surface area contributed by atoms with Crippen LogP contribution >= 0.6 is 0 Å². The Bertz CT molecular complexity index is 296. The molecule has 0 aliphatic rings. The normalized spacial score (nSPS) is 11.8. The molecule has 96 valence electrons. The number of rotatable bonds is 7. The maximum atomic E-state index is 3.39. The highest BCUT2D eigenvalue weighted by molar-refractivity contribution is 5.29. The van der Waals surface area contributed by atoms with E-state index in [1.807, 2.05) is 0 Å². The first-order chi connectivity index (χ1) is 8.18. The van der Waals surface area contributed by atoms with E-state index in [2.05, 4.69) is 57.4 Å². The van der Waals surface area contributed by atoms with Gasteiger partial charge in [0.05, 0.1) is 0 Å². The van der Waals surface area contributed by atoms with E-state index in [4.69, 9.17) is 0 Å². The Morgan fingerprint density at radius 3 is 1.94 bits per heavy atom. The molecule has 0 fully saturated rings. The van der Waals surface area contributed by atoms with E-state index in [0.29, 0.717) is 5.41 Å². The van der Waals surface area contributed by atoms with Crippen LogP contribution in [-0.2, 0) is 5.41 Å². The van der Waals surface area contributed by atoms with E-state index >= 15 is 0 Å². The van der Waals surface area contributed by atoms with E-state index in [0.717, 1.165) is 6.54 Å². The Morgan fingerprint density at radius 2 is 1.53 bits per heavy atom. The monoisotopic (exact) mass is 233 g/mol. The van der Waals surface area contributed by atoms with Gasteiger partial charge in [-0.2, -0.15) is 0 Å². The predicted molar refractivity (Wildman–Crippen MR) is 76.6 cm³/mol. The van der Waals surface area contributed by atoms with Crippen molar-refractivity contribution in [3.63, 3.8) is 0 Å². The zero-order valence-corrected chi connectivity index (χ0v) is 11.8. The highest BCUT2D eigenvalue weighted by Crippen LogP contribution is 2.34. The maximum Gasteiger partial charge on any atom is 0.00774 e. The average molecular weight is 233 g/mol. The summed E-state index contributed by atoms with van der Waals surface area (Å²) in [6.45, 7) is 7.81. The summed E-state index contributed by atoms with van der Waals surface area (Å²) >= 11 is 0. The molecule has 0 saturated carbocycles. The number of likely N-dealkylation sites (N-methyl/N-ethyl adjacent to an activating group) is 1. The summed E-state index contributed by atoms with van der Waals surface area (Å²) in [6, 6.07) is 9.12. The Hall–Kier alpha value is -0.820. The number of hydrogen-bond acceptors (Lipinski definition) is 1. The van der Waals surface area contributed by atoms with Gasteiger partial charge >= 0.3 is 0 Å². The fraction of sp³-hybridized carbons (Fsp3) is 0.625. The molecule has 1 aromatic carbocycles. The van der Waals surface area contributed by atoms with Gasteiger partial charge in [-0.1, -0.05) is 56.5 Å². The molecule has 1 heteroatoms. The van der Waals surface area contributed by atoms with Crippen LogP contribution in [0.3, 0.4) is 0 Å². The van der Waals surface area contributed by atoms with Crippen LogP contribution in [0.25, 0.3) is 0 Å². The molecular weight excluding hydrogens is 206 g/mol. The quantitative estimate of drug-likeness (QED) is 0.749. The summed E-state index contributed by atoms with van der Waals surface area (Å²) in [7, 11) is 2.06. The van der Waals surface area contributed by atoms with Crippen LogP contribution in [0.4, 0.5) is 0 Å². The van der Waals surface area contributed by atoms with Crippen LogP contribution in [0.2, 0.25) is 0 Å². The lowest BCUT2D eigenvalue weighted by Crippen LogP contribution is -2.36. The number of hydrogen-bond donors (Lipinski definition) is 1. The van der Waals surface area contributed by atoms with Crippen LogP contribution in [-0.4, -0.2) is 13.6 Å². The summed E-state index contributed by atoms with van der Waals surface area (Å²) in [5, 5.41) is 3.39. The van der Waals surface area contributed by atoms with Gasteiger partial charge in [-0.05, 0) is 32.4 Å². The lowest BCUT2D eigenvalue weighted by Gasteiger charge is -2.34. The molecule has 0 amide bonds. The molecular formula is C16H27N. The predicted octanol–water partition coefficient (Wildman–Crippen LogP) is 4.05. The molecule has 0 spiro atoms. The highest BCUT2D eigenvalue weighted by Gasteiger charge is 2.29. The maximum absolute atomic E-state index is 3.39. The molecule has 0 aromatic heterocycles. The molecule has 0 aliphatic carbocycles. The molecule has 0 unspecified atom stereocenters. The summed E-state index contributed by atoms with van der Waals surface area (Å²) in [6.07, 6.45) is 5.03. The van der Waals surface area contributed by atoms with Gasteiger partial charge in [0.1, 0.15) is 0 Å². The van der Waals surface area contributed by atoms with Crippen molar-refractivity contribution in [2.45, 2.75) is 51.9 Å². The fourth-order valence-corrected chi connectivity index (χ4v) is 2.90. The van der Waals surface area contributed by atoms with E-state index in [9.17, 15) is 0 Å². The van der Waals surface area contributed by atoms with Gasteiger partial charge in [0, 0.05) is 12.0 Å². The average Bonchev–Trinajstić information content (AvgIpc) is 2.30. The number of aryl methyl sites for hydroxylation is 1. The topological polar surface area (TPSA) is 12.0 Å². The van der Waals surface area contributed by atoms with Gasteiger partial charge in [0.25, 0.3) is 0 Å². The first kappa shape index (κ1) is 14.2. The molecule has 0 radical (unpaired) electrons. The third-order valence-corrected chi connectivity index (χ3v) is 3.64. The Kier molecular flexibility index (Phi) is 5.70. The Balaban J connectivity index is 3.04. The second-order valence-electron chi connectivity index (χ2n) is 5.18. The van der Waals surface area contributed by atoms with Crippen LogP contribution in [0.1, 0.15) is 50.7 Å². The molecule has 0 heterocycles. The van der Waals surface area contributed by atoms with Crippen LogP contribution in [0.5, 0.6) is 0 Å². The minimum Gasteiger partial charge on any atom is -0.319 e. The zero-order chi connectivity index (χ0) is 12.7. The lowest BCUT2D eigenvalue weighted by molar-refractivity contribution is 0.344. The van der Waals surface area contributed by atoms with Crippen molar-refractivity contribution in [3.8, 4) is 0 Å². The van der Waals surface area contributed by atoms with E-state index < -0.39 is 0 Å². The van der Waals surface area contributed by atoms with Crippen molar-refractivity contribution in [2.24, 2.45) is 0 Å². The van der Waals surface area contributed by atoms with Crippen LogP contribution in [0, 0.1) is 6.92 Å². The smallest absolute Gasteiger partial charge is 0.00774 e. The van der Waals surface area contributed by atoms with Crippen molar-refractivity contribution in [2.75, 3.05) is 13.6 Å². The number of benzene rings is 1. The largest absolute Gasteiger partial charge is 0.319 e. The first-order valence-corrected chi connectivity index (χ1v) is 6.90. The lowest BCUT2D eigenvalue weighted by atomic mass is 9.73. The minimum atomic E-state index is 0.325. The summed E-state index contributed by atoms with van der Waals surface area (Å²) in [5.74, 6) is 0. The van der Waals surface area contributed by atoms with Crippen LogP contribution in [0.15, 0.2) is 24.3 Å². The Labute approximate surface area is 107 Å². The standard InChI is InChI=1S/C16H27N/c1-5-11-16(12-6-2,13-17-4)15-9-7-14(3)8-10-15/h7-10,17H,5-6,11-13H2,1-4H3. The Morgan fingerprint density at radius 1 is 1.00 bits per heavy atom. The molecule has 0 atom stereocenters. The molecule has 1 rings (SSSR count). The van der Waals surface area contributed by atoms with Gasteiger partial charge in [-0.3, -0.25) is 0 Å². The third-order valence-electron chi connectivity index (χ3n) is 3.64. The fourth-order valence-electron chi connectivity index (χ4n) is 2.90.